The number of anilines is 2. The first-order valence-corrected chi connectivity index (χ1v) is 16.3. The normalized spacial score (nSPS) is 29.0. The number of ether oxygens (including phenoxy) is 1. The number of nitrogens with zero attached hydrogens (tertiary/aromatic N) is 4. The van der Waals surface area contributed by atoms with Crippen molar-refractivity contribution in [2.75, 3.05) is 49.1 Å². The van der Waals surface area contributed by atoms with Gasteiger partial charge >= 0.3 is 0 Å². The lowest BCUT2D eigenvalue weighted by Crippen LogP contribution is -2.56. The molecular formula is C36H44N4O5. The van der Waals surface area contributed by atoms with Crippen LogP contribution in [-0.4, -0.2) is 89.2 Å². The van der Waals surface area contributed by atoms with E-state index < -0.39 is 29.1 Å². The molecule has 4 heterocycles. The van der Waals surface area contributed by atoms with Gasteiger partial charge in [-0.05, 0) is 56.5 Å². The van der Waals surface area contributed by atoms with Gasteiger partial charge in [-0.2, -0.15) is 0 Å². The van der Waals surface area contributed by atoms with E-state index in [2.05, 4.69) is 18.7 Å². The molecule has 0 saturated carbocycles. The number of hydrogen-bond acceptors (Lipinski definition) is 6. The van der Waals surface area contributed by atoms with Gasteiger partial charge in [0.15, 0.2) is 0 Å². The van der Waals surface area contributed by atoms with Crippen LogP contribution < -0.4 is 9.80 Å². The van der Waals surface area contributed by atoms with E-state index in [0.29, 0.717) is 32.5 Å². The van der Waals surface area contributed by atoms with Gasteiger partial charge in [-0.25, -0.2) is 0 Å². The fraction of sp³-hybridized carbons (Fsp3) is 0.472. The number of carbonyl (C=O) groups excluding carboxylic acids is 3. The zero-order valence-electron chi connectivity index (χ0n) is 26.5. The van der Waals surface area contributed by atoms with Crippen molar-refractivity contribution in [3.8, 4) is 0 Å². The molecule has 2 aromatic rings. The van der Waals surface area contributed by atoms with Crippen LogP contribution in [0.15, 0.2) is 78.9 Å². The monoisotopic (exact) mass is 612 g/mol. The molecule has 9 nitrogen and oxygen atoms in total. The smallest absolute Gasteiger partial charge is 0.253 e. The Morgan fingerprint density at radius 2 is 1.58 bits per heavy atom. The summed E-state index contributed by atoms with van der Waals surface area (Å²) in [4.78, 5) is 51.1. The Kier molecular flexibility index (Phi) is 8.59. The second-order valence-electron chi connectivity index (χ2n) is 12.4. The third kappa shape index (κ3) is 5.06. The van der Waals surface area contributed by atoms with Crippen LogP contribution in [0.3, 0.4) is 0 Å². The van der Waals surface area contributed by atoms with Crippen molar-refractivity contribution in [1.29, 1.82) is 0 Å². The van der Waals surface area contributed by atoms with Crippen molar-refractivity contribution in [3.05, 3.63) is 84.5 Å². The summed E-state index contributed by atoms with van der Waals surface area (Å²) in [5.74, 6) is -2.33. The number of rotatable bonds is 10. The summed E-state index contributed by atoms with van der Waals surface area (Å²) in [6.07, 6.45) is 8.53. The molecule has 1 unspecified atom stereocenters. The lowest BCUT2D eigenvalue weighted by atomic mass is 9.73. The lowest BCUT2D eigenvalue weighted by Gasteiger charge is -2.38. The number of benzene rings is 2. The molecule has 0 aliphatic carbocycles. The molecule has 0 aromatic heterocycles. The summed E-state index contributed by atoms with van der Waals surface area (Å²) in [6.45, 7) is 9.16. The van der Waals surface area contributed by atoms with Crippen molar-refractivity contribution in [3.63, 3.8) is 0 Å². The van der Waals surface area contributed by atoms with Crippen LogP contribution in [0.5, 0.6) is 0 Å². The standard InChI is InChI=1S/C36H44N4O5/c1-4-35-19-10-21-38(25-26-13-8-7-9-14-26)32(42)29(35)30-33(43)40(23-12-24-41)31-34(44)39(22-11-20-36(30,31)45-35)28-17-15-27(16-18-28)37(5-2)6-3/h7-11,13-20,29-31,41H,4-6,12,21-25H2,1-3H3/t29-,30+,31?,35+,36+/m1/s1. The van der Waals surface area contributed by atoms with Gasteiger partial charge in [0.25, 0.3) is 5.91 Å². The van der Waals surface area contributed by atoms with Crippen LogP contribution in [0.1, 0.15) is 39.2 Å². The van der Waals surface area contributed by atoms with E-state index in [0.717, 1.165) is 30.0 Å². The van der Waals surface area contributed by atoms with Gasteiger partial charge in [-0.3, -0.25) is 14.4 Å². The number of likely N-dealkylation sites (tertiary alicyclic amines) is 1. The summed E-state index contributed by atoms with van der Waals surface area (Å²) in [7, 11) is 0. The molecule has 4 aliphatic rings. The van der Waals surface area contributed by atoms with Crippen molar-refractivity contribution in [2.45, 2.75) is 57.4 Å². The second-order valence-corrected chi connectivity index (χ2v) is 12.4. The van der Waals surface area contributed by atoms with E-state index in [9.17, 15) is 19.5 Å². The molecule has 2 aromatic carbocycles. The topological polar surface area (TPSA) is 93.6 Å². The van der Waals surface area contributed by atoms with E-state index in [4.69, 9.17) is 4.74 Å². The minimum atomic E-state index is -1.32. The Balaban J connectivity index is 1.40. The van der Waals surface area contributed by atoms with Gasteiger partial charge in [0.1, 0.15) is 11.6 Å². The predicted octanol–water partition coefficient (Wildman–Crippen LogP) is 3.78. The van der Waals surface area contributed by atoms with Gasteiger partial charge < -0.3 is 29.4 Å². The summed E-state index contributed by atoms with van der Waals surface area (Å²) >= 11 is 0. The van der Waals surface area contributed by atoms with Crippen molar-refractivity contribution in [1.82, 2.24) is 9.80 Å². The van der Waals surface area contributed by atoms with Gasteiger partial charge in [0.2, 0.25) is 11.8 Å². The van der Waals surface area contributed by atoms with Crippen LogP contribution in [0.2, 0.25) is 0 Å². The summed E-state index contributed by atoms with van der Waals surface area (Å²) in [5.41, 5.74) is 0.459. The molecule has 2 saturated heterocycles. The minimum absolute atomic E-state index is 0.121. The Morgan fingerprint density at radius 3 is 2.24 bits per heavy atom. The van der Waals surface area contributed by atoms with Crippen molar-refractivity contribution < 1.29 is 24.2 Å². The molecule has 238 valence electrons. The zero-order chi connectivity index (χ0) is 31.8. The molecular weight excluding hydrogens is 568 g/mol. The summed E-state index contributed by atoms with van der Waals surface area (Å²) < 4.78 is 7.06. The highest BCUT2D eigenvalue weighted by Gasteiger charge is 2.75. The quantitative estimate of drug-likeness (QED) is 0.411. The van der Waals surface area contributed by atoms with Gasteiger partial charge in [0, 0.05) is 57.3 Å². The minimum Gasteiger partial charge on any atom is -0.396 e. The first-order valence-electron chi connectivity index (χ1n) is 16.3. The number of aliphatic hydroxyl groups is 1. The van der Waals surface area contributed by atoms with E-state index in [1.807, 2.05) is 85.8 Å². The molecule has 5 atom stereocenters. The lowest BCUT2D eigenvalue weighted by molar-refractivity contribution is -0.150. The average molecular weight is 613 g/mol. The third-order valence-corrected chi connectivity index (χ3v) is 10.1. The number of fused-ring (bicyclic) bond motifs is 2. The number of hydrogen-bond donors (Lipinski definition) is 1. The molecule has 0 radical (unpaired) electrons. The van der Waals surface area contributed by atoms with Crippen LogP contribution in [0.4, 0.5) is 11.4 Å². The molecule has 45 heavy (non-hydrogen) atoms. The van der Waals surface area contributed by atoms with Gasteiger partial charge in [-0.1, -0.05) is 61.6 Å². The molecule has 0 bridgehead atoms. The number of amides is 3. The zero-order valence-corrected chi connectivity index (χ0v) is 26.5. The van der Waals surface area contributed by atoms with Gasteiger partial charge in [-0.15, -0.1) is 0 Å². The summed E-state index contributed by atoms with van der Waals surface area (Å²) in [6, 6.07) is 16.8. The van der Waals surface area contributed by atoms with Crippen LogP contribution in [0, 0.1) is 11.8 Å². The molecule has 3 amide bonds. The van der Waals surface area contributed by atoms with E-state index in [1.165, 1.54) is 0 Å². The Morgan fingerprint density at radius 1 is 0.867 bits per heavy atom. The summed E-state index contributed by atoms with van der Waals surface area (Å²) in [5, 5.41) is 9.74. The number of carbonyl (C=O) groups is 3. The molecule has 6 rings (SSSR count). The average Bonchev–Trinajstić information content (AvgIpc) is 3.35. The maximum absolute atomic E-state index is 14.7. The fourth-order valence-electron chi connectivity index (χ4n) is 7.90. The van der Waals surface area contributed by atoms with Gasteiger partial charge in [0.05, 0.1) is 17.4 Å². The van der Waals surface area contributed by atoms with Crippen LogP contribution >= 0.6 is 0 Å². The first kappa shape index (κ1) is 31.0. The molecule has 1 N–H and O–H groups in total. The first-order chi connectivity index (χ1) is 21.8. The molecule has 2 fully saturated rings. The predicted molar refractivity (Wildman–Crippen MR) is 174 cm³/mol. The van der Waals surface area contributed by atoms with E-state index in [1.54, 1.807) is 14.7 Å². The highest BCUT2D eigenvalue weighted by atomic mass is 16.5. The Hall–Kier alpha value is -3.95. The highest BCUT2D eigenvalue weighted by Crippen LogP contribution is 2.58. The maximum atomic E-state index is 14.7. The maximum Gasteiger partial charge on any atom is 0.253 e. The third-order valence-electron chi connectivity index (χ3n) is 10.1. The van der Waals surface area contributed by atoms with Crippen LogP contribution in [0.25, 0.3) is 0 Å². The van der Waals surface area contributed by atoms with E-state index in [-0.39, 0.29) is 30.9 Å². The fourth-order valence-corrected chi connectivity index (χ4v) is 7.90. The Bertz CT molecular complexity index is 1470. The van der Waals surface area contributed by atoms with Crippen molar-refractivity contribution in [2.24, 2.45) is 11.8 Å². The molecule has 9 heteroatoms. The number of aliphatic hydroxyl groups excluding tert-OH is 1. The van der Waals surface area contributed by atoms with Crippen LogP contribution in [-0.2, 0) is 25.7 Å². The highest BCUT2D eigenvalue weighted by molar-refractivity contribution is 6.06. The second kappa shape index (κ2) is 12.4. The van der Waals surface area contributed by atoms with Crippen molar-refractivity contribution >= 4 is 29.1 Å². The molecule has 4 aliphatic heterocycles. The Labute approximate surface area is 265 Å². The molecule has 1 spiro atoms. The van der Waals surface area contributed by atoms with E-state index >= 15 is 0 Å². The largest absolute Gasteiger partial charge is 0.396 e. The SMILES string of the molecule is CCN(CC)c1ccc(N2CC=C[C@]34O[C@@]5(CC)C=CCN(Cc6ccccc6)C(=O)[C@H]5[C@H]3C(=O)N(CCCO)C4C2=O)cc1.